The molecule has 0 atom stereocenters. The average Bonchev–Trinajstić information content (AvgIpc) is 3.40. The Kier molecular flexibility index (Phi) is 3.46. The molecule has 0 N–H and O–H groups in total. The van der Waals surface area contributed by atoms with Crippen LogP contribution in [-0.4, -0.2) is 22.1 Å². The lowest BCUT2D eigenvalue weighted by atomic mass is 9.92. The molecule has 2 aliphatic carbocycles. The van der Waals surface area contributed by atoms with Crippen LogP contribution < -0.4 is 0 Å². The molecule has 1 aromatic carbocycles. The quantitative estimate of drug-likeness (QED) is 0.777. The van der Waals surface area contributed by atoms with Gasteiger partial charge in [-0.2, -0.15) is 5.26 Å². The fourth-order valence-corrected chi connectivity index (χ4v) is 4.30. The van der Waals surface area contributed by atoms with Crippen molar-refractivity contribution in [1.29, 1.82) is 5.26 Å². The molecule has 0 spiro atoms. The lowest BCUT2D eigenvalue weighted by Gasteiger charge is -2.34. The Morgan fingerprint density at radius 1 is 1.15 bits per heavy atom. The van der Waals surface area contributed by atoms with Crippen LogP contribution in [0.4, 0.5) is 4.39 Å². The third-order valence-electron chi connectivity index (χ3n) is 6.07. The summed E-state index contributed by atoms with van der Waals surface area (Å²) in [4.78, 5) is 2.42. The highest BCUT2D eigenvalue weighted by molar-refractivity contribution is 5.93. The Morgan fingerprint density at radius 2 is 1.96 bits per heavy atom. The minimum atomic E-state index is -0.233. The Balaban J connectivity index is 1.81. The van der Waals surface area contributed by atoms with E-state index in [0.29, 0.717) is 23.2 Å². The summed E-state index contributed by atoms with van der Waals surface area (Å²) in [6.45, 7) is 2.69. The van der Waals surface area contributed by atoms with E-state index in [0.717, 1.165) is 41.7 Å². The van der Waals surface area contributed by atoms with Gasteiger partial charge in [-0.3, -0.25) is 0 Å². The van der Waals surface area contributed by atoms with Crippen molar-refractivity contribution in [3.8, 4) is 6.07 Å². The Bertz CT molecular complexity index is 997. The van der Waals surface area contributed by atoms with E-state index in [1.54, 1.807) is 13.0 Å². The third kappa shape index (κ3) is 2.23. The number of halogens is 1. The number of rotatable bonds is 3. The average molecular weight is 347 g/mol. The number of hydrogen-bond donors (Lipinski definition) is 0. The standard InChI is InChI=1S/C22H22FN3/c1-14-11-21-17(12-19(14)23)18(13-24)22(26(21)16-5-4-6-16)20-7-2-3-10-25(20)15-8-9-15/h2-3,7,11-12,15-16H,4-6,8-10H2,1H3. The van der Waals surface area contributed by atoms with E-state index >= 15 is 0 Å². The highest BCUT2D eigenvalue weighted by atomic mass is 19.1. The molecular weight excluding hydrogens is 325 g/mol. The SMILES string of the molecule is Cc1cc2c(cc1F)c(C#N)c(C1=CC=CCN1C1CC1)n2C1CCC1. The van der Waals surface area contributed by atoms with Crippen LogP contribution in [0, 0.1) is 24.1 Å². The summed E-state index contributed by atoms with van der Waals surface area (Å²) >= 11 is 0. The molecule has 1 aliphatic heterocycles. The molecule has 2 heterocycles. The molecule has 3 nitrogen and oxygen atoms in total. The monoisotopic (exact) mass is 347 g/mol. The van der Waals surface area contributed by atoms with Crippen LogP contribution >= 0.6 is 0 Å². The van der Waals surface area contributed by atoms with E-state index in [1.165, 1.54) is 19.3 Å². The molecule has 2 saturated carbocycles. The molecule has 1 aromatic heterocycles. The number of fused-ring (bicyclic) bond motifs is 1. The number of nitrogens with zero attached hydrogens (tertiary/aromatic N) is 3. The zero-order valence-electron chi connectivity index (χ0n) is 15.0. The van der Waals surface area contributed by atoms with Crippen LogP contribution in [0.15, 0.2) is 30.4 Å². The van der Waals surface area contributed by atoms with Gasteiger partial charge in [0, 0.05) is 24.0 Å². The van der Waals surface area contributed by atoms with Crippen LogP contribution in [0.3, 0.4) is 0 Å². The van der Waals surface area contributed by atoms with Gasteiger partial charge in [-0.25, -0.2) is 4.39 Å². The van der Waals surface area contributed by atoms with Gasteiger partial charge in [0.1, 0.15) is 11.9 Å². The molecule has 0 amide bonds. The number of nitriles is 1. The fraction of sp³-hybridized carbons (Fsp3) is 0.409. The van der Waals surface area contributed by atoms with E-state index in [-0.39, 0.29) is 5.82 Å². The summed E-state index contributed by atoms with van der Waals surface area (Å²) in [6, 6.07) is 6.87. The van der Waals surface area contributed by atoms with E-state index in [4.69, 9.17) is 0 Å². The van der Waals surface area contributed by atoms with Crippen molar-refractivity contribution in [2.75, 3.05) is 6.54 Å². The number of aryl methyl sites for hydroxylation is 1. The highest BCUT2D eigenvalue weighted by Crippen LogP contribution is 2.44. The Hall–Kier alpha value is -2.54. The van der Waals surface area contributed by atoms with Crippen molar-refractivity contribution in [3.05, 3.63) is 53.0 Å². The first-order valence-corrected chi connectivity index (χ1v) is 9.57. The molecular formula is C22H22FN3. The zero-order chi connectivity index (χ0) is 17.8. The van der Waals surface area contributed by atoms with Gasteiger partial charge in [0.2, 0.25) is 0 Å². The molecule has 4 heteroatoms. The van der Waals surface area contributed by atoms with Crippen molar-refractivity contribution in [3.63, 3.8) is 0 Å². The van der Waals surface area contributed by atoms with Crippen LogP contribution in [0.1, 0.15) is 55.0 Å². The predicted molar refractivity (Wildman–Crippen MR) is 101 cm³/mol. The van der Waals surface area contributed by atoms with Gasteiger partial charge in [0.25, 0.3) is 0 Å². The Morgan fingerprint density at radius 3 is 2.62 bits per heavy atom. The summed E-state index contributed by atoms with van der Waals surface area (Å²) in [7, 11) is 0. The predicted octanol–water partition coefficient (Wildman–Crippen LogP) is 5.06. The second kappa shape index (κ2) is 5.74. The summed E-state index contributed by atoms with van der Waals surface area (Å²) in [5, 5.41) is 10.7. The van der Waals surface area contributed by atoms with E-state index in [9.17, 15) is 9.65 Å². The first-order chi connectivity index (χ1) is 12.7. The minimum Gasteiger partial charge on any atom is -0.363 e. The van der Waals surface area contributed by atoms with E-state index in [2.05, 4.69) is 33.8 Å². The van der Waals surface area contributed by atoms with Gasteiger partial charge in [-0.15, -0.1) is 0 Å². The lowest BCUT2D eigenvalue weighted by Crippen LogP contribution is -2.29. The second-order valence-electron chi connectivity index (χ2n) is 7.77. The Labute approximate surface area is 153 Å². The number of benzene rings is 1. The van der Waals surface area contributed by atoms with Crippen LogP contribution in [-0.2, 0) is 0 Å². The maximum absolute atomic E-state index is 14.3. The van der Waals surface area contributed by atoms with Crippen molar-refractivity contribution in [2.24, 2.45) is 0 Å². The molecule has 0 radical (unpaired) electrons. The maximum Gasteiger partial charge on any atom is 0.126 e. The van der Waals surface area contributed by atoms with Gasteiger partial charge in [-0.05, 0) is 62.8 Å². The van der Waals surface area contributed by atoms with E-state index < -0.39 is 0 Å². The molecule has 26 heavy (non-hydrogen) atoms. The molecule has 132 valence electrons. The highest BCUT2D eigenvalue weighted by Gasteiger charge is 2.35. The zero-order valence-corrected chi connectivity index (χ0v) is 15.0. The van der Waals surface area contributed by atoms with Crippen molar-refractivity contribution < 1.29 is 4.39 Å². The molecule has 5 rings (SSSR count). The molecule has 2 aromatic rings. The molecule has 0 unspecified atom stereocenters. The molecule has 3 aliphatic rings. The minimum absolute atomic E-state index is 0.233. The maximum atomic E-state index is 14.3. The van der Waals surface area contributed by atoms with Crippen LogP contribution in [0.25, 0.3) is 16.6 Å². The van der Waals surface area contributed by atoms with Gasteiger partial charge in [-0.1, -0.05) is 12.2 Å². The largest absolute Gasteiger partial charge is 0.363 e. The fourth-order valence-electron chi connectivity index (χ4n) is 4.30. The lowest BCUT2D eigenvalue weighted by molar-refractivity contribution is 0.315. The smallest absolute Gasteiger partial charge is 0.126 e. The van der Waals surface area contributed by atoms with E-state index in [1.807, 2.05) is 6.07 Å². The number of allylic oxidation sites excluding steroid dienone is 2. The second-order valence-corrected chi connectivity index (χ2v) is 7.77. The first kappa shape index (κ1) is 15.7. The van der Waals surface area contributed by atoms with Crippen molar-refractivity contribution in [1.82, 2.24) is 9.47 Å². The number of aromatic nitrogens is 1. The van der Waals surface area contributed by atoms with Crippen LogP contribution in [0.2, 0.25) is 0 Å². The number of hydrogen-bond acceptors (Lipinski definition) is 2. The summed E-state index contributed by atoms with van der Waals surface area (Å²) < 4.78 is 16.6. The van der Waals surface area contributed by atoms with Crippen LogP contribution in [0.5, 0.6) is 0 Å². The van der Waals surface area contributed by atoms with Gasteiger partial charge < -0.3 is 9.47 Å². The summed E-state index contributed by atoms with van der Waals surface area (Å²) in [6.07, 6.45) is 12.3. The first-order valence-electron chi connectivity index (χ1n) is 9.57. The topological polar surface area (TPSA) is 32.0 Å². The summed E-state index contributed by atoms with van der Waals surface area (Å²) in [5.41, 5.74) is 4.40. The van der Waals surface area contributed by atoms with Gasteiger partial charge >= 0.3 is 0 Å². The molecule has 0 bridgehead atoms. The third-order valence-corrected chi connectivity index (χ3v) is 6.07. The molecule has 0 saturated heterocycles. The normalized spacial score (nSPS) is 20.2. The molecule has 2 fully saturated rings. The van der Waals surface area contributed by atoms with Gasteiger partial charge in [0.05, 0.1) is 22.5 Å². The van der Waals surface area contributed by atoms with Crippen molar-refractivity contribution in [2.45, 2.75) is 51.1 Å². The van der Waals surface area contributed by atoms with Crippen molar-refractivity contribution >= 4 is 16.6 Å². The summed E-state index contributed by atoms with van der Waals surface area (Å²) in [5.74, 6) is -0.233. The van der Waals surface area contributed by atoms with Gasteiger partial charge in [0.15, 0.2) is 0 Å².